The van der Waals surface area contributed by atoms with Crippen LogP contribution >= 0.6 is 0 Å². The SMILES string of the molecule is C=N/C(N)=C1/C(=O)OCC1=C(N)N. The van der Waals surface area contributed by atoms with E-state index < -0.39 is 5.97 Å². The second-order valence-corrected chi connectivity index (χ2v) is 2.43. The highest BCUT2D eigenvalue weighted by atomic mass is 16.5. The third-order valence-electron chi connectivity index (χ3n) is 1.63. The van der Waals surface area contributed by atoms with Crippen molar-refractivity contribution < 1.29 is 9.53 Å². The number of carbonyl (C=O) groups is 1. The fraction of sp³-hybridized carbons (Fsp3) is 0.143. The molecule has 13 heavy (non-hydrogen) atoms. The lowest BCUT2D eigenvalue weighted by Crippen LogP contribution is -2.15. The van der Waals surface area contributed by atoms with E-state index in [1.165, 1.54) is 0 Å². The van der Waals surface area contributed by atoms with E-state index in [1.54, 1.807) is 0 Å². The van der Waals surface area contributed by atoms with Gasteiger partial charge < -0.3 is 21.9 Å². The maximum Gasteiger partial charge on any atom is 0.342 e. The fourth-order valence-electron chi connectivity index (χ4n) is 0.971. The van der Waals surface area contributed by atoms with Crippen LogP contribution in [0.15, 0.2) is 27.8 Å². The maximum atomic E-state index is 11.1. The van der Waals surface area contributed by atoms with Gasteiger partial charge in [-0.15, -0.1) is 0 Å². The topological polar surface area (TPSA) is 117 Å². The molecule has 0 aromatic carbocycles. The number of esters is 1. The number of hydrogen-bond donors (Lipinski definition) is 3. The second-order valence-electron chi connectivity index (χ2n) is 2.43. The quantitative estimate of drug-likeness (QED) is 0.260. The lowest BCUT2D eigenvalue weighted by Gasteiger charge is -1.99. The van der Waals surface area contributed by atoms with Gasteiger partial charge in [-0.3, -0.25) is 0 Å². The zero-order chi connectivity index (χ0) is 10.0. The Morgan fingerprint density at radius 2 is 2.08 bits per heavy atom. The molecular formula is C7H10N4O2. The van der Waals surface area contributed by atoms with Crippen molar-refractivity contribution in [1.29, 1.82) is 0 Å². The Kier molecular flexibility index (Phi) is 2.23. The number of cyclic esters (lactones) is 1. The molecule has 1 saturated heterocycles. The molecule has 0 unspecified atom stereocenters. The predicted octanol–water partition coefficient (Wildman–Crippen LogP) is -1.46. The van der Waals surface area contributed by atoms with Gasteiger partial charge in [-0.2, -0.15) is 0 Å². The van der Waals surface area contributed by atoms with Crippen LogP contribution < -0.4 is 17.2 Å². The fourth-order valence-corrected chi connectivity index (χ4v) is 0.971. The van der Waals surface area contributed by atoms with Crippen LogP contribution in [-0.2, 0) is 9.53 Å². The summed E-state index contributed by atoms with van der Waals surface area (Å²) in [6.45, 7) is 3.22. The van der Waals surface area contributed by atoms with Crippen molar-refractivity contribution >= 4 is 12.7 Å². The van der Waals surface area contributed by atoms with E-state index in [4.69, 9.17) is 17.2 Å². The molecule has 70 valence electrons. The third kappa shape index (κ3) is 1.46. The van der Waals surface area contributed by atoms with Gasteiger partial charge in [0.05, 0.1) is 0 Å². The Morgan fingerprint density at radius 1 is 1.46 bits per heavy atom. The van der Waals surface area contributed by atoms with Crippen LogP contribution in [0, 0.1) is 0 Å². The molecule has 0 spiro atoms. The smallest absolute Gasteiger partial charge is 0.342 e. The summed E-state index contributed by atoms with van der Waals surface area (Å²) in [5.41, 5.74) is 16.5. The van der Waals surface area contributed by atoms with Crippen molar-refractivity contribution in [3.05, 3.63) is 22.8 Å². The largest absolute Gasteiger partial charge is 0.457 e. The van der Waals surface area contributed by atoms with Crippen LogP contribution in [0.4, 0.5) is 0 Å². The normalized spacial score (nSPS) is 19.7. The molecule has 1 fully saturated rings. The minimum atomic E-state index is -0.576. The van der Waals surface area contributed by atoms with Gasteiger partial charge in [0, 0.05) is 5.57 Å². The number of nitrogens with two attached hydrogens (primary N) is 3. The second kappa shape index (κ2) is 3.18. The van der Waals surface area contributed by atoms with E-state index in [2.05, 4.69) is 16.4 Å². The van der Waals surface area contributed by atoms with Gasteiger partial charge in [-0.1, -0.05) is 0 Å². The summed E-state index contributed by atoms with van der Waals surface area (Å²) in [5, 5.41) is 0. The van der Waals surface area contributed by atoms with Gasteiger partial charge in [0.1, 0.15) is 23.8 Å². The molecular weight excluding hydrogens is 172 g/mol. The van der Waals surface area contributed by atoms with Crippen molar-refractivity contribution in [3.63, 3.8) is 0 Å². The molecule has 1 heterocycles. The number of aliphatic imine (C=N–C) groups is 1. The molecule has 0 radical (unpaired) electrons. The Balaban J connectivity index is 3.27. The van der Waals surface area contributed by atoms with E-state index in [0.717, 1.165) is 0 Å². The Bertz CT molecular complexity index is 325. The highest BCUT2D eigenvalue weighted by Crippen LogP contribution is 2.22. The van der Waals surface area contributed by atoms with Crippen molar-refractivity contribution in [2.75, 3.05) is 6.61 Å². The number of carbonyl (C=O) groups excluding carboxylic acids is 1. The van der Waals surface area contributed by atoms with Crippen molar-refractivity contribution in [2.45, 2.75) is 0 Å². The number of nitrogens with zero attached hydrogens (tertiary/aromatic N) is 1. The van der Waals surface area contributed by atoms with Crippen LogP contribution in [0.2, 0.25) is 0 Å². The summed E-state index contributed by atoms with van der Waals surface area (Å²) in [6, 6.07) is 0. The maximum absolute atomic E-state index is 11.1. The van der Waals surface area contributed by atoms with E-state index >= 15 is 0 Å². The van der Waals surface area contributed by atoms with Crippen LogP contribution in [0.3, 0.4) is 0 Å². The summed E-state index contributed by atoms with van der Waals surface area (Å²) in [5.74, 6) is -0.591. The predicted molar refractivity (Wildman–Crippen MR) is 47.1 cm³/mol. The summed E-state index contributed by atoms with van der Waals surface area (Å²) >= 11 is 0. The van der Waals surface area contributed by atoms with E-state index in [0.29, 0.717) is 5.57 Å². The molecule has 0 aromatic heterocycles. The lowest BCUT2D eigenvalue weighted by molar-refractivity contribution is -0.135. The first kappa shape index (κ1) is 9.11. The zero-order valence-corrected chi connectivity index (χ0v) is 6.91. The van der Waals surface area contributed by atoms with Gasteiger partial charge >= 0.3 is 5.97 Å². The van der Waals surface area contributed by atoms with Crippen molar-refractivity contribution in [1.82, 2.24) is 0 Å². The van der Waals surface area contributed by atoms with Gasteiger partial charge in [0.15, 0.2) is 0 Å². The standard InChI is InChI=1S/C7H10N4O2/c1-11-6(10)4-3(5(8)9)2-13-7(4)12/h1-2,8-10H2/b6-4+. The van der Waals surface area contributed by atoms with E-state index in [1.807, 2.05) is 0 Å². The molecule has 6 heteroatoms. The molecule has 0 bridgehead atoms. The van der Waals surface area contributed by atoms with Gasteiger partial charge in [-0.05, 0) is 6.72 Å². The monoisotopic (exact) mass is 182 g/mol. The average Bonchev–Trinajstić information content (AvgIpc) is 2.46. The summed E-state index contributed by atoms with van der Waals surface area (Å²) in [7, 11) is 0. The zero-order valence-electron chi connectivity index (χ0n) is 6.91. The highest BCUT2D eigenvalue weighted by molar-refractivity contribution is 5.97. The number of rotatable bonds is 1. The molecule has 1 rings (SSSR count). The Labute approximate surface area is 74.7 Å². The minimum Gasteiger partial charge on any atom is -0.457 e. The average molecular weight is 182 g/mol. The first-order valence-corrected chi connectivity index (χ1v) is 3.46. The van der Waals surface area contributed by atoms with Crippen LogP contribution in [-0.4, -0.2) is 19.3 Å². The third-order valence-corrected chi connectivity index (χ3v) is 1.63. The van der Waals surface area contributed by atoms with Crippen LogP contribution in [0.5, 0.6) is 0 Å². The Hall–Kier alpha value is -1.98. The van der Waals surface area contributed by atoms with Gasteiger partial charge in [-0.25, -0.2) is 9.79 Å². The van der Waals surface area contributed by atoms with Crippen molar-refractivity contribution in [2.24, 2.45) is 22.2 Å². The summed E-state index contributed by atoms with van der Waals surface area (Å²) in [6.07, 6.45) is 0. The summed E-state index contributed by atoms with van der Waals surface area (Å²) in [4.78, 5) is 14.5. The molecule has 6 nitrogen and oxygen atoms in total. The first-order valence-electron chi connectivity index (χ1n) is 3.46. The van der Waals surface area contributed by atoms with Gasteiger partial charge in [0.25, 0.3) is 0 Å². The molecule has 1 aliphatic rings. The minimum absolute atomic E-state index is 0.00690. The number of hydrogen-bond acceptors (Lipinski definition) is 6. The van der Waals surface area contributed by atoms with Crippen LogP contribution in [0.1, 0.15) is 0 Å². The van der Waals surface area contributed by atoms with Crippen molar-refractivity contribution in [3.8, 4) is 0 Å². The van der Waals surface area contributed by atoms with Crippen LogP contribution in [0.25, 0.3) is 0 Å². The molecule has 0 saturated carbocycles. The molecule has 0 aromatic rings. The lowest BCUT2D eigenvalue weighted by atomic mass is 10.1. The summed E-state index contributed by atoms with van der Waals surface area (Å²) < 4.78 is 4.68. The first-order chi connectivity index (χ1) is 6.07. The molecule has 0 aliphatic carbocycles. The van der Waals surface area contributed by atoms with E-state index in [-0.39, 0.29) is 23.8 Å². The molecule has 6 N–H and O–H groups in total. The molecule has 0 amide bonds. The molecule has 1 aliphatic heterocycles. The Morgan fingerprint density at radius 3 is 2.54 bits per heavy atom. The van der Waals surface area contributed by atoms with E-state index in [9.17, 15) is 4.79 Å². The van der Waals surface area contributed by atoms with Gasteiger partial charge in [0.2, 0.25) is 0 Å². The highest BCUT2D eigenvalue weighted by Gasteiger charge is 2.29. The molecule has 0 atom stereocenters. The number of ether oxygens (including phenoxy) is 1.